The minimum atomic E-state index is -0.104. The normalized spacial score (nSPS) is 25.1. The van der Waals surface area contributed by atoms with Gasteiger partial charge in [-0.3, -0.25) is 14.5 Å². The molecule has 0 spiro atoms. The third kappa shape index (κ3) is 2.33. The Hall–Kier alpha value is -1.38. The fourth-order valence-corrected chi connectivity index (χ4v) is 2.44. The van der Waals surface area contributed by atoms with E-state index in [4.69, 9.17) is 0 Å². The van der Waals surface area contributed by atoms with Crippen molar-refractivity contribution in [1.29, 1.82) is 0 Å². The number of hydrogen-bond acceptors (Lipinski definition) is 2. The van der Waals surface area contributed by atoms with Gasteiger partial charge in [0, 0.05) is 17.7 Å². The molecular formula is C14H19NO2. The van der Waals surface area contributed by atoms with E-state index in [9.17, 15) is 9.59 Å². The first kappa shape index (κ1) is 12.1. The molecule has 17 heavy (non-hydrogen) atoms. The molecule has 92 valence electrons. The first-order chi connectivity index (χ1) is 8.11. The van der Waals surface area contributed by atoms with Crippen LogP contribution >= 0.6 is 0 Å². The Kier molecular flexibility index (Phi) is 3.46. The first-order valence-corrected chi connectivity index (χ1v) is 6.31. The van der Waals surface area contributed by atoms with E-state index in [1.54, 1.807) is 13.8 Å². The van der Waals surface area contributed by atoms with Crippen LogP contribution in [0.2, 0.25) is 0 Å². The lowest BCUT2D eigenvalue weighted by molar-refractivity contribution is -0.137. The molecule has 2 aliphatic rings. The lowest BCUT2D eigenvalue weighted by atomic mass is 9.93. The number of hydrogen-bond donors (Lipinski definition) is 0. The van der Waals surface area contributed by atoms with Gasteiger partial charge in [0.15, 0.2) is 0 Å². The van der Waals surface area contributed by atoms with Crippen molar-refractivity contribution in [3.8, 4) is 0 Å². The maximum Gasteiger partial charge on any atom is 0.256 e. The van der Waals surface area contributed by atoms with Crippen molar-refractivity contribution in [3.63, 3.8) is 0 Å². The van der Waals surface area contributed by atoms with Gasteiger partial charge in [-0.1, -0.05) is 12.2 Å². The molecule has 0 radical (unpaired) electrons. The van der Waals surface area contributed by atoms with Crippen LogP contribution in [-0.4, -0.2) is 23.3 Å². The van der Waals surface area contributed by atoms with Crippen LogP contribution in [0.4, 0.5) is 0 Å². The molecule has 0 fully saturated rings. The second-order valence-corrected chi connectivity index (χ2v) is 4.92. The molecule has 1 heterocycles. The third-order valence-electron chi connectivity index (χ3n) is 3.77. The zero-order valence-corrected chi connectivity index (χ0v) is 10.5. The number of allylic oxidation sites excluding steroid dienone is 2. The molecule has 2 rings (SSSR count). The molecule has 1 aliphatic heterocycles. The molecule has 0 saturated carbocycles. The van der Waals surface area contributed by atoms with Gasteiger partial charge in [0.1, 0.15) is 0 Å². The highest BCUT2D eigenvalue weighted by atomic mass is 16.2. The van der Waals surface area contributed by atoms with E-state index in [1.807, 2.05) is 0 Å². The average molecular weight is 233 g/mol. The van der Waals surface area contributed by atoms with Crippen molar-refractivity contribution in [3.05, 3.63) is 23.3 Å². The van der Waals surface area contributed by atoms with Crippen LogP contribution in [-0.2, 0) is 9.59 Å². The summed E-state index contributed by atoms with van der Waals surface area (Å²) in [5.41, 5.74) is 1.21. The SMILES string of the molecule is CC1=C(C)C(=O)N(CCC2C=CCCC2)C1=O. The van der Waals surface area contributed by atoms with E-state index in [0.717, 1.165) is 12.8 Å². The molecule has 3 heteroatoms. The van der Waals surface area contributed by atoms with Crippen LogP contribution in [0.25, 0.3) is 0 Å². The summed E-state index contributed by atoms with van der Waals surface area (Å²) in [7, 11) is 0. The van der Waals surface area contributed by atoms with Crippen molar-refractivity contribution in [1.82, 2.24) is 4.90 Å². The Balaban J connectivity index is 1.93. The number of amides is 2. The fourth-order valence-electron chi connectivity index (χ4n) is 2.44. The topological polar surface area (TPSA) is 37.4 Å². The summed E-state index contributed by atoms with van der Waals surface area (Å²) in [5, 5.41) is 0. The summed E-state index contributed by atoms with van der Waals surface area (Å²) in [6, 6.07) is 0. The summed E-state index contributed by atoms with van der Waals surface area (Å²) in [6.07, 6.45) is 8.89. The second-order valence-electron chi connectivity index (χ2n) is 4.92. The minimum Gasteiger partial charge on any atom is -0.275 e. The van der Waals surface area contributed by atoms with Crippen molar-refractivity contribution in [2.75, 3.05) is 6.54 Å². The Morgan fingerprint density at radius 3 is 2.41 bits per heavy atom. The van der Waals surface area contributed by atoms with Crippen LogP contribution < -0.4 is 0 Å². The predicted molar refractivity (Wildman–Crippen MR) is 66.2 cm³/mol. The molecule has 1 atom stereocenters. The molecule has 1 unspecified atom stereocenters. The summed E-state index contributed by atoms with van der Waals surface area (Å²) in [6.45, 7) is 4.02. The second kappa shape index (κ2) is 4.86. The van der Waals surface area contributed by atoms with Gasteiger partial charge < -0.3 is 0 Å². The molecule has 0 aromatic carbocycles. The fraction of sp³-hybridized carbons (Fsp3) is 0.571. The predicted octanol–water partition coefficient (Wildman–Crippen LogP) is 2.44. The van der Waals surface area contributed by atoms with Crippen molar-refractivity contribution in [2.24, 2.45) is 5.92 Å². The third-order valence-corrected chi connectivity index (χ3v) is 3.77. The van der Waals surface area contributed by atoms with Gasteiger partial charge in [-0.15, -0.1) is 0 Å². The van der Waals surface area contributed by atoms with Crippen LogP contribution in [0, 0.1) is 5.92 Å². The van der Waals surface area contributed by atoms with E-state index in [1.165, 1.54) is 17.7 Å². The molecule has 2 amide bonds. The maximum absolute atomic E-state index is 11.8. The lowest BCUT2D eigenvalue weighted by Gasteiger charge is -2.20. The molecule has 0 N–H and O–H groups in total. The van der Waals surface area contributed by atoms with Crippen LogP contribution in [0.3, 0.4) is 0 Å². The van der Waals surface area contributed by atoms with Crippen LogP contribution in [0.5, 0.6) is 0 Å². The zero-order valence-electron chi connectivity index (χ0n) is 10.5. The molecule has 0 bridgehead atoms. The maximum atomic E-state index is 11.8. The largest absolute Gasteiger partial charge is 0.275 e. The van der Waals surface area contributed by atoms with Gasteiger partial charge in [-0.2, -0.15) is 0 Å². The quantitative estimate of drug-likeness (QED) is 0.554. The number of carbonyl (C=O) groups excluding carboxylic acids is 2. The number of imide groups is 1. The lowest BCUT2D eigenvalue weighted by Crippen LogP contribution is -2.33. The van der Waals surface area contributed by atoms with Gasteiger partial charge in [0.05, 0.1) is 0 Å². The molecule has 1 aliphatic carbocycles. The van der Waals surface area contributed by atoms with Gasteiger partial charge >= 0.3 is 0 Å². The standard InChI is InChI=1S/C14H19NO2/c1-10-11(2)14(17)15(13(10)16)9-8-12-6-4-3-5-7-12/h4,6,12H,3,5,7-9H2,1-2H3. The van der Waals surface area contributed by atoms with Crippen LogP contribution in [0.1, 0.15) is 39.5 Å². The van der Waals surface area contributed by atoms with Crippen molar-refractivity contribution < 1.29 is 9.59 Å². The van der Waals surface area contributed by atoms with Crippen molar-refractivity contribution in [2.45, 2.75) is 39.5 Å². The van der Waals surface area contributed by atoms with Gasteiger partial charge in [0.25, 0.3) is 11.8 Å². The Morgan fingerprint density at radius 1 is 1.24 bits per heavy atom. The van der Waals surface area contributed by atoms with E-state index in [0.29, 0.717) is 23.6 Å². The van der Waals surface area contributed by atoms with Gasteiger partial charge in [-0.05, 0) is 45.4 Å². The monoisotopic (exact) mass is 233 g/mol. The highest BCUT2D eigenvalue weighted by Gasteiger charge is 2.33. The summed E-state index contributed by atoms with van der Waals surface area (Å²) < 4.78 is 0. The van der Waals surface area contributed by atoms with E-state index in [-0.39, 0.29) is 11.8 Å². The Bertz CT molecular complexity index is 382. The Morgan fingerprint density at radius 2 is 1.88 bits per heavy atom. The zero-order chi connectivity index (χ0) is 12.4. The Labute approximate surface area is 102 Å². The number of nitrogens with zero attached hydrogens (tertiary/aromatic N) is 1. The van der Waals surface area contributed by atoms with Gasteiger partial charge in [-0.25, -0.2) is 0 Å². The average Bonchev–Trinajstić information content (AvgIpc) is 2.54. The summed E-state index contributed by atoms with van der Waals surface area (Å²) in [5.74, 6) is 0.324. The van der Waals surface area contributed by atoms with Gasteiger partial charge in [0.2, 0.25) is 0 Å². The molecular weight excluding hydrogens is 214 g/mol. The molecule has 0 saturated heterocycles. The summed E-state index contributed by atoms with van der Waals surface area (Å²) >= 11 is 0. The van der Waals surface area contributed by atoms with Crippen molar-refractivity contribution >= 4 is 11.8 Å². The highest BCUT2D eigenvalue weighted by Crippen LogP contribution is 2.24. The van der Waals surface area contributed by atoms with Crippen LogP contribution in [0.15, 0.2) is 23.3 Å². The summed E-state index contributed by atoms with van der Waals surface area (Å²) in [4.78, 5) is 25.1. The molecule has 3 nitrogen and oxygen atoms in total. The van der Waals surface area contributed by atoms with E-state index >= 15 is 0 Å². The smallest absolute Gasteiger partial charge is 0.256 e. The van der Waals surface area contributed by atoms with E-state index in [2.05, 4.69) is 12.2 Å². The number of carbonyl (C=O) groups is 2. The number of rotatable bonds is 3. The highest BCUT2D eigenvalue weighted by molar-refractivity contribution is 6.18. The first-order valence-electron chi connectivity index (χ1n) is 6.31. The molecule has 0 aromatic rings. The molecule has 0 aromatic heterocycles. The van der Waals surface area contributed by atoms with E-state index < -0.39 is 0 Å². The minimum absolute atomic E-state index is 0.104.